The third kappa shape index (κ3) is 2.61. The van der Waals surface area contributed by atoms with Crippen LogP contribution in [0.2, 0.25) is 0 Å². The van der Waals surface area contributed by atoms with Crippen molar-refractivity contribution in [2.24, 2.45) is 0 Å². The maximum absolute atomic E-state index is 12.5. The lowest BCUT2D eigenvalue weighted by Gasteiger charge is -2.36. The number of aromatic amines is 1. The van der Waals surface area contributed by atoms with Gasteiger partial charge in [-0.1, -0.05) is 0 Å². The predicted molar refractivity (Wildman–Crippen MR) is 98.3 cm³/mol. The highest BCUT2D eigenvalue weighted by atomic mass is 16.6. The molecular weight excluding hydrogens is 330 g/mol. The first kappa shape index (κ1) is 15.9. The minimum absolute atomic E-state index is 0.196. The van der Waals surface area contributed by atoms with E-state index in [1.165, 1.54) is 23.8 Å². The summed E-state index contributed by atoms with van der Waals surface area (Å²) < 4.78 is 5.57. The molecule has 0 spiro atoms. The molecule has 0 radical (unpaired) electrons. The Kier molecular flexibility index (Phi) is 3.27. The minimum atomic E-state index is -0.457. The number of ether oxygens (including phenoxy) is 1. The summed E-state index contributed by atoms with van der Waals surface area (Å²) in [6.07, 6.45) is 7.02. The van der Waals surface area contributed by atoms with Crippen molar-refractivity contribution < 1.29 is 9.53 Å². The second-order valence-corrected chi connectivity index (χ2v) is 8.68. The molecule has 7 heteroatoms. The van der Waals surface area contributed by atoms with Gasteiger partial charge >= 0.3 is 6.09 Å². The zero-order chi connectivity index (χ0) is 18.1. The van der Waals surface area contributed by atoms with E-state index in [4.69, 9.17) is 4.74 Å². The Balaban J connectivity index is 1.40. The van der Waals surface area contributed by atoms with Gasteiger partial charge in [0.05, 0.1) is 17.5 Å². The van der Waals surface area contributed by atoms with Crippen LogP contribution >= 0.6 is 0 Å². The van der Waals surface area contributed by atoms with Crippen LogP contribution in [0, 0.1) is 0 Å². The number of amides is 1. The Morgan fingerprint density at radius 3 is 2.77 bits per heavy atom. The van der Waals surface area contributed by atoms with Crippen LogP contribution in [0.25, 0.3) is 11.0 Å². The van der Waals surface area contributed by atoms with Gasteiger partial charge in [-0.05, 0) is 51.5 Å². The van der Waals surface area contributed by atoms with Crippen LogP contribution < -0.4 is 4.90 Å². The van der Waals surface area contributed by atoms with E-state index in [2.05, 4.69) is 26.0 Å². The largest absolute Gasteiger partial charge is 0.444 e. The molecule has 3 aliphatic rings. The highest BCUT2D eigenvalue weighted by Crippen LogP contribution is 2.47. The van der Waals surface area contributed by atoms with Crippen molar-refractivity contribution in [1.29, 1.82) is 0 Å². The van der Waals surface area contributed by atoms with E-state index in [0.29, 0.717) is 18.5 Å². The van der Waals surface area contributed by atoms with Gasteiger partial charge in [-0.2, -0.15) is 0 Å². The number of hydrogen-bond acceptors (Lipinski definition) is 5. The summed E-state index contributed by atoms with van der Waals surface area (Å²) in [5, 5.41) is 1.17. The van der Waals surface area contributed by atoms with E-state index >= 15 is 0 Å². The molecule has 138 valence electrons. The van der Waals surface area contributed by atoms with Crippen LogP contribution in [0.15, 0.2) is 12.5 Å². The first-order valence-electron chi connectivity index (χ1n) is 9.50. The molecule has 2 atom stereocenters. The van der Waals surface area contributed by atoms with Gasteiger partial charge in [0, 0.05) is 19.3 Å². The molecule has 7 nitrogen and oxygen atoms in total. The summed E-state index contributed by atoms with van der Waals surface area (Å²) in [6, 6.07) is 0.559. The average molecular weight is 355 g/mol. The number of fused-ring (bicyclic) bond motifs is 2. The van der Waals surface area contributed by atoms with Crippen molar-refractivity contribution in [3.8, 4) is 0 Å². The first-order chi connectivity index (χ1) is 12.4. The molecule has 2 aliphatic carbocycles. The highest BCUT2D eigenvalue weighted by Gasteiger charge is 2.52. The molecule has 5 rings (SSSR count). The van der Waals surface area contributed by atoms with E-state index in [-0.39, 0.29) is 12.1 Å². The topological polar surface area (TPSA) is 74.3 Å². The van der Waals surface area contributed by atoms with E-state index in [0.717, 1.165) is 24.4 Å². The summed E-state index contributed by atoms with van der Waals surface area (Å²) in [5.41, 5.74) is 1.81. The summed E-state index contributed by atoms with van der Waals surface area (Å²) in [7, 11) is 0. The minimum Gasteiger partial charge on any atom is -0.444 e. The van der Waals surface area contributed by atoms with E-state index in [1.54, 1.807) is 6.33 Å². The zero-order valence-corrected chi connectivity index (χ0v) is 15.5. The summed E-state index contributed by atoms with van der Waals surface area (Å²) in [6.45, 7) is 7.18. The maximum Gasteiger partial charge on any atom is 0.410 e. The highest BCUT2D eigenvalue weighted by molar-refractivity contribution is 5.92. The lowest BCUT2D eigenvalue weighted by atomic mass is 10.1. The average Bonchev–Trinajstić information content (AvgIpc) is 3.49. The van der Waals surface area contributed by atoms with Crippen molar-refractivity contribution >= 4 is 22.9 Å². The van der Waals surface area contributed by atoms with Gasteiger partial charge in [-0.15, -0.1) is 0 Å². The molecule has 0 bridgehead atoms. The fraction of sp³-hybridized carbons (Fsp3) is 0.632. The van der Waals surface area contributed by atoms with Gasteiger partial charge in [-0.3, -0.25) is 0 Å². The van der Waals surface area contributed by atoms with E-state index in [1.807, 2.05) is 25.7 Å². The number of carbonyl (C=O) groups excluding carboxylic acids is 1. The normalized spacial score (nSPS) is 25.3. The third-order valence-corrected chi connectivity index (χ3v) is 5.50. The maximum atomic E-state index is 12.5. The van der Waals surface area contributed by atoms with Gasteiger partial charge in [0.2, 0.25) is 0 Å². The Bertz CT molecular complexity index is 866. The molecule has 3 fully saturated rings. The number of hydrogen-bond donors (Lipinski definition) is 1. The Hall–Kier alpha value is -2.31. The standard InChI is InChI=1S/C19H25N5O2/c1-19(2,3)26-18(25)24-7-6-23(13-8-14(13)24)17-15-12(11-4-5-11)9-20-16(15)21-10-22-17/h9-11,13-14H,4-8H2,1-3H3,(H,20,21,22). The van der Waals surface area contributed by atoms with Crippen molar-refractivity contribution in [2.75, 3.05) is 18.0 Å². The fourth-order valence-electron chi connectivity index (χ4n) is 4.10. The number of carbonyl (C=O) groups is 1. The van der Waals surface area contributed by atoms with Crippen LogP contribution in [0.5, 0.6) is 0 Å². The van der Waals surface area contributed by atoms with Crippen molar-refractivity contribution in [3.05, 3.63) is 18.1 Å². The van der Waals surface area contributed by atoms with E-state index in [9.17, 15) is 4.79 Å². The van der Waals surface area contributed by atoms with Gasteiger partial charge in [0.15, 0.2) is 0 Å². The summed E-state index contributed by atoms with van der Waals surface area (Å²) in [5.74, 6) is 1.67. The van der Waals surface area contributed by atoms with Gasteiger partial charge < -0.3 is 19.5 Å². The van der Waals surface area contributed by atoms with Crippen molar-refractivity contribution in [1.82, 2.24) is 19.9 Å². The van der Waals surface area contributed by atoms with Crippen LogP contribution in [0.1, 0.15) is 51.5 Å². The fourth-order valence-corrected chi connectivity index (χ4v) is 4.10. The lowest BCUT2D eigenvalue weighted by Crippen LogP contribution is -2.50. The Morgan fingerprint density at radius 2 is 2.04 bits per heavy atom. The molecule has 2 saturated carbocycles. The molecule has 1 saturated heterocycles. The summed E-state index contributed by atoms with van der Waals surface area (Å²) >= 11 is 0. The predicted octanol–water partition coefficient (Wildman–Crippen LogP) is 3.03. The molecule has 3 heterocycles. The third-order valence-electron chi connectivity index (χ3n) is 5.50. The molecule has 2 aromatic rings. The molecule has 1 aliphatic heterocycles. The molecule has 2 aromatic heterocycles. The second-order valence-electron chi connectivity index (χ2n) is 8.68. The number of nitrogens with zero attached hydrogens (tertiary/aromatic N) is 4. The SMILES string of the molecule is CC(C)(C)OC(=O)N1CCN(c2ncnc3[nH]cc(C4CC4)c23)C2CC21. The van der Waals surface area contributed by atoms with Gasteiger partial charge in [-0.25, -0.2) is 14.8 Å². The number of anilines is 1. The second kappa shape index (κ2) is 5.34. The van der Waals surface area contributed by atoms with Crippen LogP contribution in [-0.4, -0.2) is 56.7 Å². The number of aromatic nitrogens is 3. The van der Waals surface area contributed by atoms with Crippen LogP contribution in [-0.2, 0) is 4.74 Å². The Morgan fingerprint density at radius 1 is 1.23 bits per heavy atom. The molecule has 1 amide bonds. The molecular formula is C19H25N5O2. The van der Waals surface area contributed by atoms with Crippen molar-refractivity contribution in [2.45, 2.75) is 63.6 Å². The molecule has 0 aromatic carbocycles. The smallest absolute Gasteiger partial charge is 0.410 e. The summed E-state index contributed by atoms with van der Waals surface area (Å²) in [4.78, 5) is 29.1. The monoisotopic (exact) mass is 355 g/mol. The van der Waals surface area contributed by atoms with Crippen LogP contribution in [0.3, 0.4) is 0 Å². The number of H-pyrrole nitrogens is 1. The van der Waals surface area contributed by atoms with E-state index < -0.39 is 5.60 Å². The lowest BCUT2D eigenvalue weighted by molar-refractivity contribution is 0.0218. The zero-order valence-electron chi connectivity index (χ0n) is 15.5. The van der Waals surface area contributed by atoms with Crippen LogP contribution in [0.4, 0.5) is 10.6 Å². The molecule has 2 unspecified atom stereocenters. The Labute approximate surface area is 152 Å². The van der Waals surface area contributed by atoms with Crippen molar-refractivity contribution in [3.63, 3.8) is 0 Å². The first-order valence-corrected chi connectivity index (χ1v) is 9.50. The quantitative estimate of drug-likeness (QED) is 0.896. The van der Waals surface area contributed by atoms with Gasteiger partial charge in [0.1, 0.15) is 23.4 Å². The van der Waals surface area contributed by atoms with Gasteiger partial charge in [0.25, 0.3) is 0 Å². The molecule has 26 heavy (non-hydrogen) atoms. The number of nitrogens with one attached hydrogen (secondary N) is 1. The number of piperazine rings is 1. The molecule has 1 N–H and O–H groups in total. The number of rotatable bonds is 2.